The van der Waals surface area contributed by atoms with Gasteiger partial charge in [-0.3, -0.25) is 0 Å². The third-order valence-corrected chi connectivity index (χ3v) is 3.45. The number of oxime groups is 1. The number of hydrogen-bond donors (Lipinski definition) is 0. The Hall–Kier alpha value is -1.76. The van der Waals surface area contributed by atoms with Crippen molar-refractivity contribution in [3.63, 3.8) is 0 Å². The Balaban J connectivity index is 2.41. The number of nitrogens with zero attached hydrogens (tertiary/aromatic N) is 1. The van der Waals surface area contributed by atoms with Crippen LogP contribution in [0.1, 0.15) is 16.7 Å². The lowest BCUT2D eigenvalue weighted by Crippen LogP contribution is -2.20. The van der Waals surface area contributed by atoms with Crippen LogP contribution in [-0.2, 0) is 15.8 Å². The van der Waals surface area contributed by atoms with Crippen LogP contribution in [-0.4, -0.2) is 15.5 Å². The molecule has 0 fully saturated rings. The monoisotopic (exact) mass is 409 g/mol. The number of carbonyl (C=O) groups is 1. The van der Waals surface area contributed by atoms with Crippen molar-refractivity contribution >= 4 is 46.5 Å². The summed E-state index contributed by atoms with van der Waals surface area (Å²) in [7, 11) is 0. The molecule has 0 aliphatic carbocycles. The standard InChI is InChI=1S/C16H9Cl3F3NO2/c17-15(18,19)14(24)25-23-13(10-4-2-1-3-5-10)11-6-8-12(9-7-11)16(20,21)22/h1-9H. The molecule has 0 saturated carbocycles. The highest BCUT2D eigenvalue weighted by Gasteiger charge is 2.34. The average molecular weight is 411 g/mol. The van der Waals surface area contributed by atoms with Gasteiger partial charge in [-0.2, -0.15) is 13.2 Å². The van der Waals surface area contributed by atoms with Crippen LogP contribution in [0.3, 0.4) is 0 Å². The summed E-state index contributed by atoms with van der Waals surface area (Å²) in [6.07, 6.45) is -4.47. The van der Waals surface area contributed by atoms with E-state index in [-0.39, 0.29) is 11.3 Å². The molecule has 0 heterocycles. The van der Waals surface area contributed by atoms with Crippen LogP contribution in [0.2, 0.25) is 0 Å². The van der Waals surface area contributed by atoms with Crippen molar-refractivity contribution in [2.75, 3.05) is 0 Å². The SMILES string of the molecule is O=C(ON=C(c1ccccc1)c1ccc(C(F)(F)F)cc1)C(Cl)(Cl)Cl. The normalized spacial score (nSPS) is 12.8. The second-order valence-corrected chi connectivity index (χ2v) is 7.04. The van der Waals surface area contributed by atoms with Crippen molar-refractivity contribution in [2.24, 2.45) is 5.16 Å². The highest BCUT2D eigenvalue weighted by atomic mass is 35.6. The quantitative estimate of drug-likeness (QED) is 0.295. The van der Waals surface area contributed by atoms with E-state index in [0.717, 1.165) is 12.1 Å². The lowest BCUT2D eigenvalue weighted by atomic mass is 10.0. The topological polar surface area (TPSA) is 38.7 Å². The summed E-state index contributed by atoms with van der Waals surface area (Å²) in [5, 5.41) is 3.65. The van der Waals surface area contributed by atoms with Crippen LogP contribution in [0.25, 0.3) is 0 Å². The first-order chi connectivity index (χ1) is 11.6. The van der Waals surface area contributed by atoms with Gasteiger partial charge in [0.15, 0.2) is 0 Å². The molecule has 0 radical (unpaired) electrons. The molecule has 0 aromatic heterocycles. The molecule has 2 aromatic carbocycles. The summed E-state index contributed by atoms with van der Waals surface area (Å²) in [5.74, 6) is -1.24. The zero-order valence-electron chi connectivity index (χ0n) is 12.2. The fourth-order valence-electron chi connectivity index (χ4n) is 1.82. The van der Waals surface area contributed by atoms with Crippen LogP contribution < -0.4 is 0 Å². The number of benzene rings is 2. The van der Waals surface area contributed by atoms with Gasteiger partial charge in [-0.1, -0.05) is 82.4 Å². The Kier molecular flexibility index (Phi) is 5.98. The Morgan fingerprint density at radius 1 is 0.880 bits per heavy atom. The van der Waals surface area contributed by atoms with E-state index in [1.165, 1.54) is 12.1 Å². The van der Waals surface area contributed by atoms with Gasteiger partial charge in [-0.15, -0.1) is 0 Å². The zero-order chi connectivity index (χ0) is 18.7. The van der Waals surface area contributed by atoms with E-state index in [1.54, 1.807) is 30.3 Å². The smallest absolute Gasteiger partial charge is 0.313 e. The van der Waals surface area contributed by atoms with Gasteiger partial charge in [0.1, 0.15) is 5.71 Å². The molecule has 0 spiro atoms. The number of rotatable bonds is 3. The Bertz CT molecular complexity index is 770. The van der Waals surface area contributed by atoms with Crippen molar-refractivity contribution in [3.8, 4) is 0 Å². The predicted octanol–water partition coefficient (Wildman–Crippen LogP) is 5.37. The van der Waals surface area contributed by atoms with Crippen molar-refractivity contribution in [1.82, 2.24) is 0 Å². The van der Waals surface area contributed by atoms with Crippen molar-refractivity contribution in [3.05, 3.63) is 71.3 Å². The molecule has 0 aliphatic heterocycles. The summed E-state index contributed by atoms with van der Waals surface area (Å²) < 4.78 is 35.7. The number of alkyl halides is 6. The fraction of sp³-hybridized carbons (Fsp3) is 0.125. The maximum absolute atomic E-state index is 12.7. The minimum Gasteiger partial charge on any atom is -0.313 e. The number of hydrogen-bond acceptors (Lipinski definition) is 3. The van der Waals surface area contributed by atoms with Crippen molar-refractivity contribution in [2.45, 2.75) is 9.97 Å². The van der Waals surface area contributed by atoms with Gasteiger partial charge in [-0.25, -0.2) is 4.79 Å². The maximum atomic E-state index is 12.7. The highest BCUT2D eigenvalue weighted by molar-refractivity contribution is 6.75. The molecule has 132 valence electrons. The van der Waals surface area contributed by atoms with E-state index in [0.29, 0.717) is 5.56 Å². The van der Waals surface area contributed by atoms with Crippen LogP contribution in [0.15, 0.2) is 59.8 Å². The second-order valence-electron chi connectivity index (χ2n) is 4.76. The van der Waals surface area contributed by atoms with E-state index in [4.69, 9.17) is 34.8 Å². The summed E-state index contributed by atoms with van der Waals surface area (Å²) in [6.45, 7) is 0. The molecule has 2 aromatic rings. The Labute approximate surface area is 155 Å². The summed E-state index contributed by atoms with van der Waals surface area (Å²) in [6, 6.07) is 12.6. The minimum absolute atomic E-state index is 0.108. The van der Waals surface area contributed by atoms with Crippen molar-refractivity contribution < 1.29 is 22.8 Å². The van der Waals surface area contributed by atoms with E-state index >= 15 is 0 Å². The first kappa shape index (κ1) is 19.6. The number of halogens is 6. The van der Waals surface area contributed by atoms with Gasteiger partial charge in [-0.05, 0) is 12.1 Å². The first-order valence-electron chi connectivity index (χ1n) is 6.68. The lowest BCUT2D eigenvalue weighted by Gasteiger charge is -2.11. The van der Waals surface area contributed by atoms with Gasteiger partial charge in [0.25, 0.3) is 3.79 Å². The molecule has 2 rings (SSSR count). The van der Waals surface area contributed by atoms with E-state index < -0.39 is 21.5 Å². The zero-order valence-corrected chi connectivity index (χ0v) is 14.5. The average Bonchev–Trinajstić information content (AvgIpc) is 2.54. The van der Waals surface area contributed by atoms with Gasteiger partial charge in [0, 0.05) is 11.1 Å². The lowest BCUT2D eigenvalue weighted by molar-refractivity contribution is -0.142. The third-order valence-electron chi connectivity index (χ3n) is 2.98. The number of carbonyl (C=O) groups excluding carboxylic acids is 1. The first-order valence-corrected chi connectivity index (χ1v) is 7.81. The second kappa shape index (κ2) is 7.64. The van der Waals surface area contributed by atoms with Crippen LogP contribution >= 0.6 is 34.8 Å². The minimum atomic E-state index is -4.47. The van der Waals surface area contributed by atoms with E-state index in [9.17, 15) is 18.0 Å². The Morgan fingerprint density at radius 3 is 1.88 bits per heavy atom. The molecule has 0 aliphatic rings. The van der Waals surface area contributed by atoms with Crippen LogP contribution in [0.5, 0.6) is 0 Å². The highest BCUT2D eigenvalue weighted by Crippen LogP contribution is 2.30. The van der Waals surface area contributed by atoms with Gasteiger partial charge < -0.3 is 4.84 Å². The molecule has 0 amide bonds. The molecular weight excluding hydrogens is 402 g/mol. The molecular formula is C16H9Cl3F3NO2. The Morgan fingerprint density at radius 2 is 1.40 bits per heavy atom. The van der Waals surface area contributed by atoms with Gasteiger partial charge in [0.05, 0.1) is 5.56 Å². The summed E-state index contributed by atoms with van der Waals surface area (Å²) in [5.41, 5.74) is 0.0783. The third kappa shape index (κ3) is 5.36. The maximum Gasteiger partial charge on any atom is 0.416 e. The van der Waals surface area contributed by atoms with Crippen LogP contribution in [0.4, 0.5) is 13.2 Å². The summed E-state index contributed by atoms with van der Waals surface area (Å²) >= 11 is 16.2. The van der Waals surface area contributed by atoms with E-state index in [2.05, 4.69) is 9.99 Å². The molecule has 0 atom stereocenters. The fourth-order valence-corrected chi connectivity index (χ4v) is 1.93. The van der Waals surface area contributed by atoms with Crippen molar-refractivity contribution in [1.29, 1.82) is 0 Å². The molecule has 0 unspecified atom stereocenters. The molecule has 25 heavy (non-hydrogen) atoms. The largest absolute Gasteiger partial charge is 0.416 e. The van der Waals surface area contributed by atoms with Gasteiger partial charge in [0.2, 0.25) is 0 Å². The molecule has 3 nitrogen and oxygen atoms in total. The summed E-state index contributed by atoms with van der Waals surface area (Å²) in [4.78, 5) is 16.1. The molecule has 9 heteroatoms. The predicted molar refractivity (Wildman–Crippen MR) is 89.9 cm³/mol. The molecule has 0 bridgehead atoms. The van der Waals surface area contributed by atoms with Gasteiger partial charge >= 0.3 is 12.1 Å². The van der Waals surface area contributed by atoms with Crippen LogP contribution in [0, 0.1) is 0 Å². The van der Waals surface area contributed by atoms with E-state index in [1.807, 2.05) is 0 Å². The molecule has 0 N–H and O–H groups in total. The molecule has 0 saturated heterocycles.